The summed E-state index contributed by atoms with van der Waals surface area (Å²) in [6, 6.07) is 9.72. The van der Waals surface area contributed by atoms with Gasteiger partial charge in [-0.3, -0.25) is 0 Å². The van der Waals surface area contributed by atoms with Crippen molar-refractivity contribution in [2.45, 2.75) is 18.9 Å². The quantitative estimate of drug-likeness (QED) is 0.859. The van der Waals surface area contributed by atoms with Crippen LogP contribution in [0.2, 0.25) is 0 Å². The van der Waals surface area contributed by atoms with Gasteiger partial charge in [-0.1, -0.05) is 6.07 Å². The highest BCUT2D eigenvalue weighted by atomic mass is 16.5. The van der Waals surface area contributed by atoms with Crippen LogP contribution in [0.15, 0.2) is 36.5 Å². The SMILES string of the molecule is Cc1ccc(N2CC3(C2)OCC[C@@H]3COc2ccccn2)nn1. The van der Waals surface area contributed by atoms with Crippen molar-refractivity contribution >= 4 is 5.82 Å². The summed E-state index contributed by atoms with van der Waals surface area (Å²) in [5, 5.41) is 8.38. The van der Waals surface area contributed by atoms with Gasteiger partial charge in [0.05, 0.1) is 25.4 Å². The van der Waals surface area contributed by atoms with Gasteiger partial charge in [0.1, 0.15) is 5.60 Å². The first-order valence-electron chi connectivity index (χ1n) is 7.98. The predicted molar refractivity (Wildman–Crippen MR) is 85.5 cm³/mol. The molecular weight excluding hydrogens is 292 g/mol. The van der Waals surface area contributed by atoms with Crippen molar-refractivity contribution in [2.75, 3.05) is 31.2 Å². The van der Waals surface area contributed by atoms with Crippen molar-refractivity contribution in [2.24, 2.45) is 5.92 Å². The molecule has 1 atom stereocenters. The molecule has 23 heavy (non-hydrogen) atoms. The minimum atomic E-state index is -0.110. The number of anilines is 1. The standard InChI is InChI=1S/C17H20N4O2/c1-13-5-6-15(20-19-13)21-11-17(12-21)14(7-9-23-17)10-22-16-4-2-3-8-18-16/h2-6,8,14H,7,9-12H2,1H3/t14-/m1/s1. The van der Waals surface area contributed by atoms with E-state index < -0.39 is 0 Å². The number of pyridine rings is 1. The molecule has 0 N–H and O–H groups in total. The summed E-state index contributed by atoms with van der Waals surface area (Å²) < 4.78 is 11.9. The molecule has 1 spiro atoms. The molecule has 2 aliphatic rings. The Morgan fingerprint density at radius 3 is 2.91 bits per heavy atom. The van der Waals surface area contributed by atoms with Gasteiger partial charge in [-0.15, -0.1) is 5.10 Å². The van der Waals surface area contributed by atoms with Crippen molar-refractivity contribution in [1.29, 1.82) is 0 Å². The third-order valence-corrected chi connectivity index (χ3v) is 4.69. The molecule has 2 aromatic rings. The fourth-order valence-corrected chi connectivity index (χ4v) is 3.31. The number of hydrogen-bond acceptors (Lipinski definition) is 6. The van der Waals surface area contributed by atoms with Crippen LogP contribution in [0.4, 0.5) is 5.82 Å². The van der Waals surface area contributed by atoms with Crippen LogP contribution in [-0.4, -0.2) is 47.1 Å². The monoisotopic (exact) mass is 312 g/mol. The maximum Gasteiger partial charge on any atom is 0.213 e. The topological polar surface area (TPSA) is 60.4 Å². The normalized spacial score (nSPS) is 22.1. The molecule has 2 fully saturated rings. The van der Waals surface area contributed by atoms with E-state index in [1.54, 1.807) is 6.20 Å². The second-order valence-corrected chi connectivity index (χ2v) is 6.27. The van der Waals surface area contributed by atoms with Crippen LogP contribution < -0.4 is 9.64 Å². The highest BCUT2D eigenvalue weighted by molar-refractivity contribution is 5.43. The molecule has 0 aromatic carbocycles. The van der Waals surface area contributed by atoms with Gasteiger partial charge in [0.25, 0.3) is 0 Å². The summed E-state index contributed by atoms with van der Waals surface area (Å²) in [5.41, 5.74) is 0.823. The third-order valence-electron chi connectivity index (χ3n) is 4.69. The Morgan fingerprint density at radius 2 is 2.17 bits per heavy atom. The zero-order chi connectivity index (χ0) is 15.7. The molecule has 4 heterocycles. The lowest BCUT2D eigenvalue weighted by atomic mass is 9.81. The summed E-state index contributed by atoms with van der Waals surface area (Å²) in [6.45, 7) is 5.08. The molecule has 0 unspecified atom stereocenters. The van der Waals surface area contributed by atoms with Gasteiger partial charge in [0, 0.05) is 24.8 Å². The predicted octanol–water partition coefficient (Wildman–Crippen LogP) is 1.85. The molecule has 6 nitrogen and oxygen atoms in total. The van der Waals surface area contributed by atoms with Gasteiger partial charge >= 0.3 is 0 Å². The van der Waals surface area contributed by atoms with E-state index in [0.29, 0.717) is 18.4 Å². The minimum absolute atomic E-state index is 0.110. The van der Waals surface area contributed by atoms with Crippen LogP contribution in [0.3, 0.4) is 0 Å². The maximum absolute atomic E-state index is 6.06. The van der Waals surface area contributed by atoms with Crippen LogP contribution in [0.1, 0.15) is 12.1 Å². The Labute approximate surface area is 135 Å². The van der Waals surface area contributed by atoms with E-state index in [1.165, 1.54) is 0 Å². The van der Waals surface area contributed by atoms with E-state index in [-0.39, 0.29) is 5.60 Å². The summed E-state index contributed by atoms with van der Waals surface area (Å²) in [7, 11) is 0. The maximum atomic E-state index is 6.06. The summed E-state index contributed by atoms with van der Waals surface area (Å²) in [6.07, 6.45) is 2.78. The van der Waals surface area contributed by atoms with Gasteiger partial charge in [0.2, 0.25) is 5.88 Å². The van der Waals surface area contributed by atoms with E-state index in [1.807, 2.05) is 37.3 Å². The Morgan fingerprint density at radius 1 is 1.26 bits per heavy atom. The first kappa shape index (κ1) is 14.4. The van der Waals surface area contributed by atoms with Crippen LogP contribution in [0.25, 0.3) is 0 Å². The first-order valence-corrected chi connectivity index (χ1v) is 7.98. The Kier molecular flexibility index (Phi) is 3.61. The number of aryl methyl sites for hydroxylation is 1. The van der Waals surface area contributed by atoms with Crippen LogP contribution in [0, 0.1) is 12.8 Å². The van der Waals surface area contributed by atoms with Crippen molar-refractivity contribution in [3.8, 4) is 5.88 Å². The van der Waals surface area contributed by atoms with E-state index in [4.69, 9.17) is 9.47 Å². The number of rotatable bonds is 4. The summed E-state index contributed by atoms with van der Waals surface area (Å²) >= 11 is 0. The molecule has 0 radical (unpaired) electrons. The zero-order valence-corrected chi connectivity index (χ0v) is 13.2. The number of aromatic nitrogens is 3. The zero-order valence-electron chi connectivity index (χ0n) is 13.2. The number of ether oxygens (including phenoxy) is 2. The van der Waals surface area contributed by atoms with Gasteiger partial charge in [-0.05, 0) is 31.5 Å². The molecule has 2 aliphatic heterocycles. The Bertz CT molecular complexity index is 656. The van der Waals surface area contributed by atoms with Crippen LogP contribution in [-0.2, 0) is 4.74 Å². The third kappa shape index (κ3) is 2.74. The average molecular weight is 312 g/mol. The van der Waals surface area contributed by atoms with E-state index in [9.17, 15) is 0 Å². The van der Waals surface area contributed by atoms with Crippen molar-refractivity contribution in [3.63, 3.8) is 0 Å². The fraction of sp³-hybridized carbons (Fsp3) is 0.471. The average Bonchev–Trinajstić information content (AvgIpc) is 2.97. The van der Waals surface area contributed by atoms with Gasteiger partial charge in [0.15, 0.2) is 5.82 Å². The van der Waals surface area contributed by atoms with Gasteiger partial charge in [-0.25, -0.2) is 4.98 Å². The lowest BCUT2D eigenvalue weighted by molar-refractivity contribution is -0.0529. The van der Waals surface area contributed by atoms with E-state index in [0.717, 1.165) is 37.6 Å². The molecule has 0 bridgehead atoms. The Hall–Kier alpha value is -2.21. The highest BCUT2D eigenvalue weighted by Crippen LogP contribution is 2.41. The molecule has 2 saturated heterocycles. The smallest absolute Gasteiger partial charge is 0.213 e. The van der Waals surface area contributed by atoms with Crippen molar-refractivity contribution in [1.82, 2.24) is 15.2 Å². The molecule has 0 aliphatic carbocycles. The van der Waals surface area contributed by atoms with Gasteiger partial charge < -0.3 is 14.4 Å². The molecular formula is C17H20N4O2. The second kappa shape index (κ2) is 5.77. The highest BCUT2D eigenvalue weighted by Gasteiger charge is 2.53. The minimum Gasteiger partial charge on any atom is -0.477 e. The molecule has 0 amide bonds. The second-order valence-electron chi connectivity index (χ2n) is 6.27. The van der Waals surface area contributed by atoms with E-state index in [2.05, 4.69) is 20.1 Å². The molecule has 2 aromatic heterocycles. The first-order chi connectivity index (χ1) is 11.3. The fourth-order valence-electron chi connectivity index (χ4n) is 3.31. The molecule has 0 saturated carbocycles. The molecule has 120 valence electrons. The van der Waals surface area contributed by atoms with Crippen LogP contribution in [0.5, 0.6) is 5.88 Å². The van der Waals surface area contributed by atoms with Crippen molar-refractivity contribution < 1.29 is 9.47 Å². The number of hydrogen-bond donors (Lipinski definition) is 0. The summed E-state index contributed by atoms with van der Waals surface area (Å²) in [5.74, 6) is 1.98. The van der Waals surface area contributed by atoms with E-state index >= 15 is 0 Å². The Balaban J connectivity index is 1.38. The molecule has 6 heteroatoms. The lowest BCUT2D eigenvalue weighted by Gasteiger charge is -2.50. The molecule has 4 rings (SSSR count). The number of nitrogens with zero attached hydrogens (tertiary/aromatic N) is 4. The summed E-state index contributed by atoms with van der Waals surface area (Å²) in [4.78, 5) is 6.42. The van der Waals surface area contributed by atoms with Crippen LogP contribution >= 0.6 is 0 Å². The largest absolute Gasteiger partial charge is 0.477 e. The van der Waals surface area contributed by atoms with Gasteiger partial charge in [-0.2, -0.15) is 5.10 Å². The lowest BCUT2D eigenvalue weighted by Crippen LogP contribution is -2.66. The van der Waals surface area contributed by atoms with Crippen molar-refractivity contribution in [3.05, 3.63) is 42.2 Å².